The first-order chi connectivity index (χ1) is 11.6. The van der Waals surface area contributed by atoms with Gasteiger partial charge in [0.05, 0.1) is 11.3 Å². The van der Waals surface area contributed by atoms with Crippen LogP contribution in [0.25, 0.3) is 0 Å². The van der Waals surface area contributed by atoms with Crippen LogP contribution in [0.5, 0.6) is 0 Å². The molecule has 1 amide bonds. The van der Waals surface area contributed by atoms with Crippen molar-refractivity contribution in [2.45, 2.75) is 0 Å². The van der Waals surface area contributed by atoms with E-state index in [1.807, 2.05) is 0 Å². The summed E-state index contributed by atoms with van der Waals surface area (Å²) in [5.74, 6) is -0.566. The molecule has 0 unspecified atom stereocenters. The molecule has 2 aromatic carbocycles. The molecule has 0 saturated heterocycles. The zero-order valence-electron chi connectivity index (χ0n) is 12.3. The maximum absolute atomic E-state index is 13.6. The first-order valence-electron chi connectivity index (χ1n) is 7.02. The molecule has 1 aromatic heterocycles. The highest BCUT2D eigenvalue weighted by Crippen LogP contribution is 2.17. The van der Waals surface area contributed by atoms with E-state index in [1.54, 1.807) is 42.5 Å². The van der Waals surface area contributed by atoms with Gasteiger partial charge in [0, 0.05) is 23.1 Å². The molecule has 2 N–H and O–H groups in total. The first-order valence-corrected chi connectivity index (χ1v) is 7.40. The molecule has 0 aliphatic heterocycles. The van der Waals surface area contributed by atoms with Crippen LogP contribution in [0.15, 0.2) is 60.9 Å². The smallest absolute Gasteiger partial charge is 0.258 e. The van der Waals surface area contributed by atoms with Crippen molar-refractivity contribution in [3.05, 3.63) is 77.3 Å². The van der Waals surface area contributed by atoms with E-state index < -0.39 is 5.82 Å². The quantitative estimate of drug-likeness (QED) is 0.743. The molecule has 0 fully saturated rings. The average molecular weight is 343 g/mol. The zero-order chi connectivity index (χ0) is 16.9. The third-order valence-corrected chi connectivity index (χ3v) is 3.39. The molecule has 0 aliphatic rings. The summed E-state index contributed by atoms with van der Waals surface area (Å²) >= 11 is 5.79. The largest absolute Gasteiger partial charge is 0.322 e. The summed E-state index contributed by atoms with van der Waals surface area (Å²) < 4.78 is 13.6. The summed E-state index contributed by atoms with van der Waals surface area (Å²) in [6.07, 6.45) is 2.73. The minimum absolute atomic E-state index is 0.197. The van der Waals surface area contributed by atoms with Crippen LogP contribution in [-0.2, 0) is 0 Å². The Morgan fingerprint density at radius 2 is 1.67 bits per heavy atom. The first kappa shape index (κ1) is 15.9. The van der Waals surface area contributed by atoms with Crippen molar-refractivity contribution in [1.82, 2.24) is 9.97 Å². The van der Waals surface area contributed by atoms with E-state index in [0.717, 1.165) is 0 Å². The fourth-order valence-electron chi connectivity index (χ4n) is 1.93. The molecule has 0 radical (unpaired) electrons. The van der Waals surface area contributed by atoms with Gasteiger partial charge in [0.2, 0.25) is 5.95 Å². The molecule has 1 heterocycles. The van der Waals surface area contributed by atoms with Gasteiger partial charge in [-0.1, -0.05) is 23.7 Å². The Balaban J connectivity index is 1.68. The summed E-state index contributed by atoms with van der Waals surface area (Å²) in [6, 6.07) is 12.9. The number of hydrogen-bond donors (Lipinski definition) is 2. The third kappa shape index (κ3) is 3.85. The Kier molecular flexibility index (Phi) is 4.67. The number of hydrogen-bond acceptors (Lipinski definition) is 4. The number of carbonyl (C=O) groups excluding carboxylic acids is 1. The van der Waals surface area contributed by atoms with Crippen molar-refractivity contribution in [3.8, 4) is 0 Å². The van der Waals surface area contributed by atoms with Crippen LogP contribution in [0.2, 0.25) is 5.02 Å². The van der Waals surface area contributed by atoms with E-state index in [1.165, 1.54) is 18.5 Å². The Morgan fingerprint density at radius 1 is 1.00 bits per heavy atom. The van der Waals surface area contributed by atoms with Crippen molar-refractivity contribution in [3.63, 3.8) is 0 Å². The molecule has 5 nitrogen and oxygen atoms in total. The van der Waals surface area contributed by atoms with Crippen LogP contribution in [0, 0.1) is 5.82 Å². The molecule has 0 saturated carbocycles. The van der Waals surface area contributed by atoms with E-state index in [0.29, 0.717) is 10.7 Å². The number of benzene rings is 2. The highest BCUT2D eigenvalue weighted by Gasteiger charge is 2.09. The number of halogens is 2. The van der Waals surface area contributed by atoms with E-state index in [9.17, 15) is 9.18 Å². The Morgan fingerprint density at radius 3 is 2.33 bits per heavy atom. The second kappa shape index (κ2) is 7.06. The van der Waals surface area contributed by atoms with E-state index in [2.05, 4.69) is 20.6 Å². The predicted octanol–water partition coefficient (Wildman–Crippen LogP) is 4.27. The van der Waals surface area contributed by atoms with Gasteiger partial charge in [-0.05, 0) is 36.4 Å². The van der Waals surface area contributed by atoms with Crippen LogP contribution < -0.4 is 10.6 Å². The summed E-state index contributed by atoms with van der Waals surface area (Å²) in [5.41, 5.74) is 1.15. The maximum atomic E-state index is 13.6. The number of anilines is 3. The van der Waals surface area contributed by atoms with Gasteiger partial charge in [-0.2, -0.15) is 0 Å². The zero-order valence-corrected chi connectivity index (χ0v) is 13.1. The number of nitrogens with zero attached hydrogens (tertiary/aromatic N) is 2. The molecule has 0 bridgehead atoms. The van der Waals surface area contributed by atoms with Crippen molar-refractivity contribution in [2.75, 3.05) is 10.6 Å². The van der Waals surface area contributed by atoms with Crippen LogP contribution in [0.1, 0.15) is 10.4 Å². The second-order valence-corrected chi connectivity index (χ2v) is 5.30. The molecular formula is C17H12ClFN4O. The molecule has 0 aliphatic carbocycles. The molecule has 7 heteroatoms. The molecule has 24 heavy (non-hydrogen) atoms. The fourth-order valence-corrected chi connectivity index (χ4v) is 2.06. The van der Waals surface area contributed by atoms with E-state index in [4.69, 9.17) is 11.6 Å². The highest BCUT2D eigenvalue weighted by molar-refractivity contribution is 6.30. The molecule has 0 spiro atoms. The SMILES string of the molecule is O=C(Nc1ccc(Cl)cc1)c1cnc(Nc2ccccc2F)nc1. The van der Waals surface area contributed by atoms with Gasteiger partial charge in [-0.15, -0.1) is 0 Å². The monoisotopic (exact) mass is 342 g/mol. The predicted molar refractivity (Wildman–Crippen MR) is 91.1 cm³/mol. The van der Waals surface area contributed by atoms with Crippen molar-refractivity contribution < 1.29 is 9.18 Å². The molecule has 3 rings (SSSR count). The number of nitrogens with one attached hydrogen (secondary N) is 2. The van der Waals surface area contributed by atoms with Gasteiger partial charge in [0.1, 0.15) is 5.82 Å². The number of aromatic nitrogens is 2. The minimum Gasteiger partial charge on any atom is -0.322 e. The number of carbonyl (C=O) groups is 1. The average Bonchev–Trinajstić information content (AvgIpc) is 2.59. The number of amides is 1. The third-order valence-electron chi connectivity index (χ3n) is 3.14. The number of rotatable bonds is 4. The van der Waals surface area contributed by atoms with E-state index in [-0.39, 0.29) is 23.1 Å². The van der Waals surface area contributed by atoms with E-state index >= 15 is 0 Å². The fraction of sp³-hybridized carbons (Fsp3) is 0. The molecule has 0 atom stereocenters. The maximum Gasteiger partial charge on any atom is 0.258 e. The Bertz CT molecular complexity index is 853. The standard InChI is InChI=1S/C17H12ClFN4O/c18-12-5-7-13(8-6-12)22-16(24)11-9-20-17(21-10-11)23-15-4-2-1-3-14(15)19/h1-10H,(H,22,24)(H,20,21,23). The van der Waals surface area contributed by atoms with Crippen molar-refractivity contribution in [1.29, 1.82) is 0 Å². The van der Waals surface area contributed by atoms with Gasteiger partial charge in [0.25, 0.3) is 5.91 Å². The van der Waals surface area contributed by atoms with Gasteiger partial charge in [-0.3, -0.25) is 4.79 Å². The molecular weight excluding hydrogens is 331 g/mol. The summed E-state index contributed by atoms with van der Waals surface area (Å²) in [7, 11) is 0. The normalized spacial score (nSPS) is 10.2. The lowest BCUT2D eigenvalue weighted by Crippen LogP contribution is -2.13. The summed E-state index contributed by atoms with van der Waals surface area (Å²) in [5, 5.41) is 6.04. The minimum atomic E-state index is -0.411. The van der Waals surface area contributed by atoms with Gasteiger partial charge >= 0.3 is 0 Å². The van der Waals surface area contributed by atoms with Crippen molar-refractivity contribution in [2.24, 2.45) is 0 Å². The lowest BCUT2D eigenvalue weighted by Gasteiger charge is -2.07. The summed E-state index contributed by atoms with van der Waals surface area (Å²) in [4.78, 5) is 20.2. The summed E-state index contributed by atoms with van der Waals surface area (Å²) in [6.45, 7) is 0. The molecule has 120 valence electrons. The van der Waals surface area contributed by atoms with Gasteiger partial charge < -0.3 is 10.6 Å². The van der Waals surface area contributed by atoms with Crippen molar-refractivity contribution >= 4 is 34.8 Å². The van der Waals surface area contributed by atoms with Crippen LogP contribution >= 0.6 is 11.6 Å². The highest BCUT2D eigenvalue weighted by atomic mass is 35.5. The Hall–Kier alpha value is -2.99. The topological polar surface area (TPSA) is 66.9 Å². The lowest BCUT2D eigenvalue weighted by atomic mass is 10.3. The van der Waals surface area contributed by atoms with Crippen LogP contribution in [0.3, 0.4) is 0 Å². The number of para-hydroxylation sites is 1. The van der Waals surface area contributed by atoms with Crippen LogP contribution in [0.4, 0.5) is 21.7 Å². The molecule has 3 aromatic rings. The van der Waals surface area contributed by atoms with Gasteiger partial charge in [-0.25, -0.2) is 14.4 Å². The lowest BCUT2D eigenvalue weighted by molar-refractivity contribution is 0.102. The second-order valence-electron chi connectivity index (χ2n) is 4.86. The Labute approximate surface area is 142 Å². The van der Waals surface area contributed by atoms with Gasteiger partial charge in [0.15, 0.2) is 0 Å². The van der Waals surface area contributed by atoms with Crippen LogP contribution in [-0.4, -0.2) is 15.9 Å².